The molecule has 0 aliphatic carbocycles. The highest BCUT2D eigenvalue weighted by atomic mass is 16.2. The van der Waals surface area contributed by atoms with E-state index in [1.54, 1.807) is 0 Å². The summed E-state index contributed by atoms with van der Waals surface area (Å²) in [6.07, 6.45) is 2.90. The molecule has 2 heterocycles. The van der Waals surface area contributed by atoms with Crippen LogP contribution in [-0.2, 0) is 0 Å². The topological polar surface area (TPSA) is 63.2 Å². The molecule has 1 aromatic carbocycles. The summed E-state index contributed by atoms with van der Waals surface area (Å²) in [7, 11) is 0. The van der Waals surface area contributed by atoms with E-state index in [-0.39, 0.29) is 11.8 Å². The van der Waals surface area contributed by atoms with Crippen molar-refractivity contribution in [3.05, 3.63) is 35.5 Å². The molecule has 1 saturated heterocycles. The van der Waals surface area contributed by atoms with Gasteiger partial charge in [-0.3, -0.25) is 9.69 Å². The number of carbonyl (C=O) groups is 1. The van der Waals surface area contributed by atoms with Crippen molar-refractivity contribution < 1.29 is 4.79 Å². The largest absolute Gasteiger partial charge is 0.361 e. The van der Waals surface area contributed by atoms with E-state index in [9.17, 15) is 4.79 Å². The van der Waals surface area contributed by atoms with Crippen molar-refractivity contribution in [2.75, 3.05) is 26.2 Å². The molecule has 2 N–H and O–H groups in total. The van der Waals surface area contributed by atoms with Crippen molar-refractivity contribution in [3.8, 4) is 0 Å². The number of rotatable bonds is 5. The van der Waals surface area contributed by atoms with Gasteiger partial charge >= 0.3 is 0 Å². The molecule has 2 aromatic rings. The Balaban J connectivity index is 1.80. The summed E-state index contributed by atoms with van der Waals surface area (Å²) in [5.41, 5.74) is 3.55. The van der Waals surface area contributed by atoms with Crippen LogP contribution in [0.5, 0.6) is 0 Å². The third-order valence-corrected chi connectivity index (χ3v) is 5.60. The Bertz CT molecular complexity index is 799. The first-order chi connectivity index (χ1) is 12.4. The molecular weight excluding hydrogens is 324 g/mol. The maximum Gasteiger partial charge on any atom is 0.254 e. The third kappa shape index (κ3) is 3.54. The number of aromatic nitrogens is 1. The predicted molar refractivity (Wildman–Crippen MR) is 107 cm³/mol. The molecule has 0 bridgehead atoms. The molecule has 3 rings (SSSR count). The Morgan fingerprint density at radius 1 is 1.23 bits per heavy atom. The Morgan fingerprint density at radius 2 is 1.92 bits per heavy atom. The van der Waals surface area contributed by atoms with Crippen LogP contribution in [0.15, 0.2) is 24.4 Å². The Kier molecular flexibility index (Phi) is 5.47. The van der Waals surface area contributed by atoms with Gasteiger partial charge in [-0.1, -0.05) is 13.0 Å². The molecule has 0 spiro atoms. The van der Waals surface area contributed by atoms with Crippen LogP contribution in [0.2, 0.25) is 0 Å². The minimum atomic E-state index is 0.113. The second kappa shape index (κ2) is 7.62. The van der Waals surface area contributed by atoms with Crippen LogP contribution in [0.1, 0.15) is 56.0 Å². The average Bonchev–Trinajstić information content (AvgIpc) is 3.04. The molecule has 1 fully saturated rings. The number of piperazine rings is 1. The molecule has 26 heavy (non-hydrogen) atoms. The lowest BCUT2D eigenvalue weighted by molar-refractivity contribution is 0.0595. The highest BCUT2D eigenvalue weighted by Gasteiger charge is 2.24. The fourth-order valence-corrected chi connectivity index (χ4v) is 3.95. The van der Waals surface area contributed by atoms with Gasteiger partial charge in [0, 0.05) is 66.5 Å². The summed E-state index contributed by atoms with van der Waals surface area (Å²) in [4.78, 5) is 20.6. The molecule has 5 heteroatoms. The van der Waals surface area contributed by atoms with Gasteiger partial charge in [0.2, 0.25) is 0 Å². The molecule has 140 valence electrons. The first-order valence-electron chi connectivity index (χ1n) is 9.61. The van der Waals surface area contributed by atoms with Crippen LogP contribution in [0.25, 0.3) is 10.9 Å². The van der Waals surface area contributed by atoms with E-state index < -0.39 is 0 Å². The molecule has 5 nitrogen and oxygen atoms in total. The van der Waals surface area contributed by atoms with Gasteiger partial charge < -0.3 is 15.3 Å². The zero-order chi connectivity index (χ0) is 18.8. The van der Waals surface area contributed by atoms with E-state index in [1.807, 2.05) is 36.2 Å². The van der Waals surface area contributed by atoms with Gasteiger partial charge in [0.1, 0.15) is 0 Å². The van der Waals surface area contributed by atoms with Crippen molar-refractivity contribution in [3.63, 3.8) is 0 Å². The van der Waals surface area contributed by atoms with Crippen LogP contribution in [0.3, 0.4) is 0 Å². The summed E-state index contributed by atoms with van der Waals surface area (Å²) >= 11 is 0. The lowest BCUT2D eigenvalue weighted by Crippen LogP contribution is -2.50. The molecule has 1 aliphatic rings. The number of nitrogens with one attached hydrogen (secondary N) is 2. The first-order valence-corrected chi connectivity index (χ1v) is 9.61. The van der Waals surface area contributed by atoms with E-state index in [0.717, 1.165) is 54.6 Å². The Morgan fingerprint density at radius 3 is 2.50 bits per heavy atom. The van der Waals surface area contributed by atoms with Crippen molar-refractivity contribution >= 4 is 22.5 Å². The lowest BCUT2D eigenvalue weighted by Gasteiger charge is -2.37. The minimum Gasteiger partial charge on any atom is -0.361 e. The third-order valence-electron chi connectivity index (χ3n) is 5.60. The number of fused-ring (bicyclic) bond motifs is 1. The standard InChI is InChI=1S/C21H30N4O/c1-5-17(15(4)22)19-13-23-20-12-16(6-7-18(19)20)21(26)25-10-8-24(9-11-25)14(2)3/h6-7,12-14,17,22-23H,5,8-11H2,1-4H3. The summed E-state index contributed by atoms with van der Waals surface area (Å²) in [6.45, 7) is 11.8. The van der Waals surface area contributed by atoms with Crippen LogP contribution < -0.4 is 0 Å². The number of benzene rings is 1. The minimum absolute atomic E-state index is 0.113. The fraction of sp³-hybridized carbons (Fsp3) is 0.524. The van der Waals surface area contributed by atoms with Crippen molar-refractivity contribution in [1.82, 2.24) is 14.8 Å². The number of carbonyl (C=O) groups excluding carboxylic acids is 1. The Hall–Kier alpha value is -2.14. The fourth-order valence-electron chi connectivity index (χ4n) is 3.95. The molecular formula is C21H30N4O. The normalized spacial score (nSPS) is 17.0. The maximum atomic E-state index is 12.9. The van der Waals surface area contributed by atoms with E-state index in [2.05, 4.69) is 30.7 Å². The first kappa shape index (κ1) is 18.6. The second-order valence-electron chi connectivity index (χ2n) is 7.57. The van der Waals surface area contributed by atoms with Gasteiger partial charge in [-0.25, -0.2) is 0 Å². The summed E-state index contributed by atoms with van der Waals surface area (Å²) in [5, 5.41) is 9.13. The van der Waals surface area contributed by atoms with Gasteiger partial charge in [-0.15, -0.1) is 0 Å². The SMILES string of the molecule is CCC(C(C)=N)c1c[nH]c2cc(C(=O)N3CCN(C(C)C)CC3)ccc12. The molecule has 1 unspecified atom stereocenters. The Labute approximate surface area is 155 Å². The molecule has 1 aromatic heterocycles. The molecule has 0 saturated carbocycles. The number of H-pyrrole nitrogens is 1. The summed E-state index contributed by atoms with van der Waals surface area (Å²) < 4.78 is 0. The molecule has 1 atom stereocenters. The quantitative estimate of drug-likeness (QED) is 0.801. The number of hydrogen-bond donors (Lipinski definition) is 2. The zero-order valence-corrected chi connectivity index (χ0v) is 16.3. The average molecular weight is 354 g/mol. The smallest absolute Gasteiger partial charge is 0.254 e. The molecule has 0 radical (unpaired) electrons. The van der Waals surface area contributed by atoms with E-state index in [1.165, 1.54) is 0 Å². The molecule has 1 amide bonds. The monoisotopic (exact) mass is 354 g/mol. The zero-order valence-electron chi connectivity index (χ0n) is 16.3. The van der Waals surface area contributed by atoms with Crippen molar-refractivity contribution in [2.24, 2.45) is 0 Å². The molecule has 1 aliphatic heterocycles. The van der Waals surface area contributed by atoms with Gasteiger partial charge in [0.05, 0.1) is 0 Å². The van der Waals surface area contributed by atoms with Crippen LogP contribution in [-0.4, -0.2) is 58.6 Å². The second-order valence-corrected chi connectivity index (χ2v) is 7.57. The van der Waals surface area contributed by atoms with Crippen LogP contribution in [0.4, 0.5) is 0 Å². The lowest BCUT2D eigenvalue weighted by atomic mass is 9.92. The van der Waals surface area contributed by atoms with Crippen LogP contribution >= 0.6 is 0 Å². The van der Waals surface area contributed by atoms with Gasteiger partial charge in [0.25, 0.3) is 5.91 Å². The van der Waals surface area contributed by atoms with Crippen molar-refractivity contribution in [2.45, 2.75) is 46.1 Å². The number of hydrogen-bond acceptors (Lipinski definition) is 3. The van der Waals surface area contributed by atoms with E-state index in [0.29, 0.717) is 11.8 Å². The number of amides is 1. The van der Waals surface area contributed by atoms with Gasteiger partial charge in [-0.05, 0) is 44.9 Å². The number of aromatic amines is 1. The van der Waals surface area contributed by atoms with Crippen LogP contribution in [0, 0.1) is 5.41 Å². The summed E-state index contributed by atoms with van der Waals surface area (Å²) in [6, 6.07) is 6.46. The van der Waals surface area contributed by atoms with E-state index in [4.69, 9.17) is 5.41 Å². The van der Waals surface area contributed by atoms with E-state index >= 15 is 0 Å². The summed E-state index contributed by atoms with van der Waals surface area (Å²) in [5.74, 6) is 0.246. The van der Waals surface area contributed by atoms with Gasteiger partial charge in [0.15, 0.2) is 0 Å². The highest BCUT2D eigenvalue weighted by molar-refractivity contribution is 6.00. The number of nitrogens with zero attached hydrogens (tertiary/aromatic N) is 2. The van der Waals surface area contributed by atoms with Gasteiger partial charge in [-0.2, -0.15) is 0 Å². The highest BCUT2D eigenvalue weighted by Crippen LogP contribution is 2.29. The predicted octanol–water partition coefficient (Wildman–Crippen LogP) is 3.87. The maximum absolute atomic E-state index is 12.9. The van der Waals surface area contributed by atoms with Crippen molar-refractivity contribution in [1.29, 1.82) is 5.41 Å².